The molecule has 0 atom stereocenters. The van der Waals surface area contributed by atoms with E-state index in [1.54, 1.807) is 18.2 Å². The van der Waals surface area contributed by atoms with Crippen LogP contribution in [-0.2, 0) is 6.42 Å². The molecule has 0 amide bonds. The van der Waals surface area contributed by atoms with E-state index in [0.29, 0.717) is 18.5 Å². The Bertz CT molecular complexity index is 323. The van der Waals surface area contributed by atoms with Gasteiger partial charge in [0, 0.05) is 0 Å². The van der Waals surface area contributed by atoms with Gasteiger partial charge in [0.05, 0.1) is 5.02 Å². The predicted octanol–water partition coefficient (Wildman–Crippen LogP) is 3.01. The Morgan fingerprint density at radius 3 is 2.64 bits per heavy atom. The number of hydrogen-bond acceptors (Lipinski definition) is 1. The van der Waals surface area contributed by atoms with Gasteiger partial charge in [-0.05, 0) is 30.0 Å². The summed E-state index contributed by atoms with van der Waals surface area (Å²) in [4.78, 5) is 0. The summed E-state index contributed by atoms with van der Waals surface area (Å²) in [6, 6.07) is 5.06. The number of hydrogen-bond donors (Lipinski definition) is 1. The van der Waals surface area contributed by atoms with Crippen LogP contribution in [0, 0.1) is 11.2 Å². The molecule has 1 aromatic carbocycles. The summed E-state index contributed by atoms with van der Waals surface area (Å²) in [5, 5.41) is 0.176. The summed E-state index contributed by atoms with van der Waals surface area (Å²) in [7, 11) is 0. The van der Waals surface area contributed by atoms with E-state index >= 15 is 0 Å². The SMILES string of the molecule is CC(C)(CN)Cc1cccc(Cl)c1F. The molecule has 0 aliphatic rings. The molecule has 78 valence electrons. The van der Waals surface area contributed by atoms with Crippen LogP contribution in [0.3, 0.4) is 0 Å². The van der Waals surface area contributed by atoms with Gasteiger partial charge >= 0.3 is 0 Å². The van der Waals surface area contributed by atoms with Crippen molar-refractivity contribution in [1.29, 1.82) is 0 Å². The Balaban J connectivity index is 2.92. The molecule has 0 fully saturated rings. The predicted molar refractivity (Wildman–Crippen MR) is 57.9 cm³/mol. The first-order valence-corrected chi connectivity index (χ1v) is 4.97. The molecule has 1 nitrogen and oxygen atoms in total. The van der Waals surface area contributed by atoms with Gasteiger partial charge in [0.25, 0.3) is 0 Å². The van der Waals surface area contributed by atoms with E-state index in [0.717, 1.165) is 0 Å². The van der Waals surface area contributed by atoms with Crippen molar-refractivity contribution in [3.05, 3.63) is 34.6 Å². The zero-order valence-corrected chi connectivity index (χ0v) is 9.24. The topological polar surface area (TPSA) is 26.0 Å². The average molecular weight is 216 g/mol. The third-order valence-corrected chi connectivity index (χ3v) is 2.55. The largest absolute Gasteiger partial charge is 0.330 e. The Kier molecular flexibility index (Phi) is 3.51. The molecule has 0 saturated carbocycles. The van der Waals surface area contributed by atoms with Crippen molar-refractivity contribution in [3.63, 3.8) is 0 Å². The highest BCUT2D eigenvalue weighted by Crippen LogP contribution is 2.25. The zero-order valence-electron chi connectivity index (χ0n) is 8.48. The lowest BCUT2D eigenvalue weighted by Gasteiger charge is -2.22. The number of rotatable bonds is 3. The first-order valence-electron chi connectivity index (χ1n) is 4.59. The maximum Gasteiger partial charge on any atom is 0.144 e. The van der Waals surface area contributed by atoms with Gasteiger partial charge in [0.2, 0.25) is 0 Å². The fraction of sp³-hybridized carbons (Fsp3) is 0.455. The number of nitrogens with two attached hydrogens (primary N) is 1. The summed E-state index contributed by atoms with van der Waals surface area (Å²) in [5.74, 6) is -0.323. The maximum atomic E-state index is 13.5. The highest BCUT2D eigenvalue weighted by Gasteiger charge is 2.19. The van der Waals surface area contributed by atoms with Crippen LogP contribution in [0.5, 0.6) is 0 Å². The van der Waals surface area contributed by atoms with E-state index in [9.17, 15) is 4.39 Å². The Hall–Kier alpha value is -0.600. The smallest absolute Gasteiger partial charge is 0.144 e. The van der Waals surface area contributed by atoms with Crippen molar-refractivity contribution in [1.82, 2.24) is 0 Å². The molecule has 0 heterocycles. The fourth-order valence-electron chi connectivity index (χ4n) is 1.27. The van der Waals surface area contributed by atoms with Crippen LogP contribution in [0.4, 0.5) is 4.39 Å². The standard InChI is InChI=1S/C11H15ClFN/c1-11(2,7-14)6-8-4-3-5-9(12)10(8)13/h3-5H,6-7,14H2,1-2H3. The molecule has 0 aliphatic heterocycles. The lowest BCUT2D eigenvalue weighted by Crippen LogP contribution is -2.26. The molecule has 1 aromatic rings. The Morgan fingerprint density at radius 1 is 1.43 bits per heavy atom. The highest BCUT2D eigenvalue weighted by molar-refractivity contribution is 6.30. The monoisotopic (exact) mass is 215 g/mol. The molecular formula is C11H15ClFN. The average Bonchev–Trinajstić information content (AvgIpc) is 2.13. The van der Waals surface area contributed by atoms with Crippen LogP contribution >= 0.6 is 11.6 Å². The first-order chi connectivity index (χ1) is 6.46. The summed E-state index contributed by atoms with van der Waals surface area (Å²) >= 11 is 5.68. The quantitative estimate of drug-likeness (QED) is 0.824. The van der Waals surface area contributed by atoms with Crippen LogP contribution in [0.25, 0.3) is 0 Å². The molecule has 0 aliphatic carbocycles. The Morgan fingerprint density at radius 2 is 2.07 bits per heavy atom. The zero-order chi connectivity index (χ0) is 10.8. The van der Waals surface area contributed by atoms with Crippen LogP contribution < -0.4 is 5.73 Å². The molecule has 0 saturated heterocycles. The molecule has 0 spiro atoms. The van der Waals surface area contributed by atoms with E-state index in [2.05, 4.69) is 0 Å². The van der Waals surface area contributed by atoms with Crippen molar-refractivity contribution >= 4 is 11.6 Å². The van der Waals surface area contributed by atoms with Crippen molar-refractivity contribution < 1.29 is 4.39 Å². The molecule has 2 N–H and O–H groups in total. The molecule has 0 bridgehead atoms. The summed E-state index contributed by atoms with van der Waals surface area (Å²) in [6.07, 6.45) is 0.607. The first kappa shape index (κ1) is 11.5. The van der Waals surface area contributed by atoms with Crippen molar-refractivity contribution in [2.45, 2.75) is 20.3 Å². The van der Waals surface area contributed by atoms with Crippen LogP contribution in [-0.4, -0.2) is 6.54 Å². The van der Waals surface area contributed by atoms with E-state index in [1.807, 2.05) is 13.8 Å². The van der Waals surface area contributed by atoms with E-state index in [4.69, 9.17) is 17.3 Å². The molecular weight excluding hydrogens is 201 g/mol. The van der Waals surface area contributed by atoms with E-state index in [-0.39, 0.29) is 16.3 Å². The lowest BCUT2D eigenvalue weighted by atomic mass is 9.86. The second-order valence-electron chi connectivity index (χ2n) is 4.26. The van der Waals surface area contributed by atoms with Gasteiger partial charge < -0.3 is 5.73 Å². The van der Waals surface area contributed by atoms with Gasteiger partial charge in [-0.2, -0.15) is 0 Å². The minimum absolute atomic E-state index is 0.0917. The molecule has 0 unspecified atom stereocenters. The highest BCUT2D eigenvalue weighted by atomic mass is 35.5. The second-order valence-corrected chi connectivity index (χ2v) is 4.67. The van der Waals surface area contributed by atoms with Crippen molar-refractivity contribution in [2.24, 2.45) is 11.1 Å². The molecule has 3 heteroatoms. The van der Waals surface area contributed by atoms with Gasteiger partial charge in [0.15, 0.2) is 0 Å². The minimum Gasteiger partial charge on any atom is -0.330 e. The molecule has 0 aromatic heterocycles. The summed E-state index contributed by atoms with van der Waals surface area (Å²) in [5.41, 5.74) is 6.13. The second kappa shape index (κ2) is 4.28. The summed E-state index contributed by atoms with van der Waals surface area (Å²) in [6.45, 7) is 4.54. The third-order valence-electron chi connectivity index (χ3n) is 2.25. The minimum atomic E-state index is -0.323. The Labute approximate surface area is 89.1 Å². The van der Waals surface area contributed by atoms with Gasteiger partial charge in [-0.15, -0.1) is 0 Å². The van der Waals surface area contributed by atoms with Gasteiger partial charge in [0.1, 0.15) is 5.82 Å². The van der Waals surface area contributed by atoms with Crippen molar-refractivity contribution in [3.8, 4) is 0 Å². The van der Waals surface area contributed by atoms with E-state index < -0.39 is 0 Å². The molecule has 14 heavy (non-hydrogen) atoms. The molecule has 1 rings (SSSR count). The summed E-state index contributed by atoms with van der Waals surface area (Å²) < 4.78 is 13.5. The van der Waals surface area contributed by atoms with Gasteiger partial charge in [-0.1, -0.05) is 37.6 Å². The van der Waals surface area contributed by atoms with E-state index in [1.165, 1.54) is 0 Å². The van der Waals surface area contributed by atoms with Crippen LogP contribution in [0.1, 0.15) is 19.4 Å². The van der Waals surface area contributed by atoms with Crippen LogP contribution in [0.2, 0.25) is 5.02 Å². The molecule has 0 radical (unpaired) electrons. The third kappa shape index (κ3) is 2.69. The lowest BCUT2D eigenvalue weighted by molar-refractivity contribution is 0.370. The van der Waals surface area contributed by atoms with Gasteiger partial charge in [-0.3, -0.25) is 0 Å². The maximum absolute atomic E-state index is 13.5. The normalized spacial score (nSPS) is 11.8. The number of benzene rings is 1. The van der Waals surface area contributed by atoms with Crippen LogP contribution in [0.15, 0.2) is 18.2 Å². The fourth-order valence-corrected chi connectivity index (χ4v) is 1.47. The van der Waals surface area contributed by atoms with Gasteiger partial charge in [-0.25, -0.2) is 4.39 Å². The number of halogens is 2. The van der Waals surface area contributed by atoms with Crippen molar-refractivity contribution in [2.75, 3.05) is 6.54 Å².